The van der Waals surface area contributed by atoms with Crippen molar-refractivity contribution in [1.82, 2.24) is 5.43 Å². The van der Waals surface area contributed by atoms with Crippen LogP contribution in [0.5, 0.6) is 5.75 Å². The molecule has 2 rings (SSSR count). The van der Waals surface area contributed by atoms with E-state index in [9.17, 15) is 4.79 Å². The third-order valence-corrected chi connectivity index (χ3v) is 3.18. The SMILES string of the molecule is C=CCc1ccccc1OCC(=O)N/N=C\c1cccc(Cl)c1. The molecule has 1 amide bonds. The quantitative estimate of drug-likeness (QED) is 0.479. The molecule has 23 heavy (non-hydrogen) atoms. The molecule has 0 spiro atoms. The van der Waals surface area contributed by atoms with Gasteiger partial charge in [-0.3, -0.25) is 4.79 Å². The van der Waals surface area contributed by atoms with E-state index in [1.807, 2.05) is 36.4 Å². The number of para-hydroxylation sites is 1. The summed E-state index contributed by atoms with van der Waals surface area (Å²) < 4.78 is 5.52. The number of carbonyl (C=O) groups excluding carboxylic acids is 1. The molecule has 4 nitrogen and oxygen atoms in total. The van der Waals surface area contributed by atoms with Gasteiger partial charge in [-0.1, -0.05) is 48.0 Å². The van der Waals surface area contributed by atoms with E-state index >= 15 is 0 Å². The number of ether oxygens (including phenoxy) is 1. The van der Waals surface area contributed by atoms with Crippen LogP contribution in [0.2, 0.25) is 5.02 Å². The van der Waals surface area contributed by atoms with Crippen molar-refractivity contribution < 1.29 is 9.53 Å². The van der Waals surface area contributed by atoms with Gasteiger partial charge in [0.2, 0.25) is 0 Å². The Morgan fingerprint density at radius 1 is 1.26 bits per heavy atom. The lowest BCUT2D eigenvalue weighted by atomic mass is 10.1. The number of allylic oxidation sites excluding steroid dienone is 1. The fraction of sp³-hybridized carbons (Fsp3) is 0.111. The Kier molecular flexibility index (Phi) is 6.39. The highest BCUT2D eigenvalue weighted by atomic mass is 35.5. The largest absolute Gasteiger partial charge is 0.483 e. The fourth-order valence-electron chi connectivity index (χ4n) is 1.91. The fourth-order valence-corrected chi connectivity index (χ4v) is 2.11. The van der Waals surface area contributed by atoms with E-state index in [2.05, 4.69) is 17.1 Å². The molecular formula is C18H17ClN2O2. The Bertz CT molecular complexity index is 714. The van der Waals surface area contributed by atoms with Crippen molar-refractivity contribution in [1.29, 1.82) is 0 Å². The second kappa shape index (κ2) is 8.76. The molecule has 0 saturated carbocycles. The number of rotatable bonds is 7. The second-order valence-corrected chi connectivity index (χ2v) is 5.17. The molecule has 0 aliphatic carbocycles. The van der Waals surface area contributed by atoms with Crippen LogP contribution in [-0.4, -0.2) is 18.7 Å². The maximum absolute atomic E-state index is 11.7. The molecule has 118 valence electrons. The number of amides is 1. The topological polar surface area (TPSA) is 50.7 Å². The number of hydrogen-bond acceptors (Lipinski definition) is 3. The first-order valence-electron chi connectivity index (χ1n) is 7.08. The Balaban J connectivity index is 1.85. The van der Waals surface area contributed by atoms with Gasteiger partial charge in [0.1, 0.15) is 5.75 Å². The summed E-state index contributed by atoms with van der Waals surface area (Å²) in [5.74, 6) is 0.332. The highest BCUT2D eigenvalue weighted by molar-refractivity contribution is 6.30. The molecule has 0 fully saturated rings. The molecular weight excluding hydrogens is 312 g/mol. The molecule has 1 N–H and O–H groups in total. The molecule has 0 aliphatic heterocycles. The van der Waals surface area contributed by atoms with Gasteiger partial charge in [-0.05, 0) is 35.7 Å². The van der Waals surface area contributed by atoms with Gasteiger partial charge >= 0.3 is 0 Å². The van der Waals surface area contributed by atoms with Crippen LogP contribution in [-0.2, 0) is 11.2 Å². The van der Waals surface area contributed by atoms with Crippen molar-refractivity contribution in [2.24, 2.45) is 5.10 Å². The maximum atomic E-state index is 11.7. The van der Waals surface area contributed by atoms with E-state index < -0.39 is 0 Å². The van der Waals surface area contributed by atoms with Crippen LogP contribution in [0, 0.1) is 0 Å². The summed E-state index contributed by atoms with van der Waals surface area (Å²) in [4.78, 5) is 11.7. The number of nitrogens with one attached hydrogen (secondary N) is 1. The molecule has 0 unspecified atom stereocenters. The van der Waals surface area contributed by atoms with Gasteiger partial charge in [-0.25, -0.2) is 5.43 Å². The molecule has 0 aliphatic rings. The first-order chi connectivity index (χ1) is 11.2. The lowest BCUT2D eigenvalue weighted by Gasteiger charge is -2.09. The van der Waals surface area contributed by atoms with Gasteiger partial charge in [0, 0.05) is 5.02 Å². The average Bonchev–Trinajstić information content (AvgIpc) is 2.54. The Morgan fingerprint density at radius 2 is 2.09 bits per heavy atom. The van der Waals surface area contributed by atoms with Crippen LogP contribution < -0.4 is 10.2 Å². The smallest absolute Gasteiger partial charge is 0.277 e. The normalized spacial score (nSPS) is 10.5. The molecule has 2 aromatic rings. The van der Waals surface area contributed by atoms with E-state index in [0.29, 0.717) is 17.2 Å². The van der Waals surface area contributed by atoms with Crippen LogP contribution in [0.3, 0.4) is 0 Å². The number of carbonyl (C=O) groups is 1. The van der Waals surface area contributed by atoms with E-state index in [1.54, 1.807) is 18.2 Å². The molecule has 0 saturated heterocycles. The van der Waals surface area contributed by atoms with Crippen LogP contribution in [0.1, 0.15) is 11.1 Å². The van der Waals surface area contributed by atoms with Crippen LogP contribution in [0.4, 0.5) is 0 Å². The summed E-state index contributed by atoms with van der Waals surface area (Å²) in [7, 11) is 0. The average molecular weight is 329 g/mol. The van der Waals surface area contributed by atoms with Crippen molar-refractivity contribution in [3.63, 3.8) is 0 Å². The van der Waals surface area contributed by atoms with Gasteiger partial charge in [-0.2, -0.15) is 5.10 Å². The van der Waals surface area contributed by atoms with E-state index in [-0.39, 0.29) is 12.5 Å². The zero-order valence-corrected chi connectivity index (χ0v) is 13.3. The first-order valence-corrected chi connectivity index (χ1v) is 7.46. The molecule has 2 aromatic carbocycles. The van der Waals surface area contributed by atoms with Crippen molar-refractivity contribution in [3.05, 3.63) is 77.3 Å². The van der Waals surface area contributed by atoms with Crippen LogP contribution in [0.25, 0.3) is 0 Å². The minimum atomic E-state index is -0.336. The monoisotopic (exact) mass is 328 g/mol. The predicted octanol–water partition coefficient (Wildman–Crippen LogP) is 3.60. The number of hydrazone groups is 1. The first kappa shape index (κ1) is 16.8. The Morgan fingerprint density at radius 3 is 2.87 bits per heavy atom. The highest BCUT2D eigenvalue weighted by Gasteiger charge is 2.05. The Labute approximate surface area is 140 Å². The second-order valence-electron chi connectivity index (χ2n) is 4.74. The van der Waals surface area contributed by atoms with Crippen molar-refractivity contribution in [2.45, 2.75) is 6.42 Å². The summed E-state index contributed by atoms with van der Waals surface area (Å²) in [5.41, 5.74) is 4.20. The van der Waals surface area contributed by atoms with Crippen LogP contribution in [0.15, 0.2) is 66.3 Å². The molecule has 0 heterocycles. The summed E-state index contributed by atoms with van der Waals surface area (Å²) in [6.07, 6.45) is 4.00. The Hall–Kier alpha value is -2.59. The van der Waals surface area contributed by atoms with Crippen molar-refractivity contribution in [2.75, 3.05) is 6.61 Å². The lowest BCUT2D eigenvalue weighted by molar-refractivity contribution is -0.123. The maximum Gasteiger partial charge on any atom is 0.277 e. The summed E-state index contributed by atoms with van der Waals surface area (Å²) in [5, 5.41) is 4.49. The van der Waals surface area contributed by atoms with Gasteiger partial charge in [-0.15, -0.1) is 6.58 Å². The summed E-state index contributed by atoms with van der Waals surface area (Å²) >= 11 is 5.87. The summed E-state index contributed by atoms with van der Waals surface area (Å²) in [6.45, 7) is 3.59. The third kappa shape index (κ3) is 5.60. The van der Waals surface area contributed by atoms with Crippen molar-refractivity contribution >= 4 is 23.7 Å². The molecule has 0 atom stereocenters. The number of nitrogens with zero attached hydrogens (tertiary/aromatic N) is 1. The van der Waals surface area contributed by atoms with E-state index in [0.717, 1.165) is 11.1 Å². The number of halogens is 1. The minimum Gasteiger partial charge on any atom is -0.483 e. The van der Waals surface area contributed by atoms with Gasteiger partial charge in [0.15, 0.2) is 6.61 Å². The lowest BCUT2D eigenvalue weighted by Crippen LogP contribution is -2.24. The zero-order valence-electron chi connectivity index (χ0n) is 12.5. The van der Waals surface area contributed by atoms with E-state index in [4.69, 9.17) is 16.3 Å². The molecule has 5 heteroatoms. The molecule has 0 bridgehead atoms. The minimum absolute atomic E-state index is 0.110. The third-order valence-electron chi connectivity index (χ3n) is 2.95. The number of benzene rings is 2. The number of hydrogen-bond donors (Lipinski definition) is 1. The van der Waals surface area contributed by atoms with Gasteiger partial charge in [0.05, 0.1) is 6.21 Å². The molecule has 0 aromatic heterocycles. The summed E-state index contributed by atoms with van der Waals surface area (Å²) in [6, 6.07) is 14.7. The zero-order chi connectivity index (χ0) is 16.5. The van der Waals surface area contributed by atoms with Crippen LogP contribution >= 0.6 is 11.6 Å². The molecule has 0 radical (unpaired) electrons. The van der Waals surface area contributed by atoms with E-state index in [1.165, 1.54) is 6.21 Å². The standard InChI is InChI=1S/C18H17ClN2O2/c1-2-6-15-8-3-4-10-17(15)23-13-18(22)21-20-12-14-7-5-9-16(19)11-14/h2-5,7-12H,1,6,13H2,(H,21,22)/b20-12-. The highest BCUT2D eigenvalue weighted by Crippen LogP contribution is 2.18. The van der Waals surface area contributed by atoms with Crippen molar-refractivity contribution in [3.8, 4) is 5.75 Å². The van der Waals surface area contributed by atoms with Gasteiger partial charge < -0.3 is 4.74 Å². The van der Waals surface area contributed by atoms with Gasteiger partial charge in [0.25, 0.3) is 5.91 Å². The predicted molar refractivity (Wildman–Crippen MR) is 93.0 cm³/mol.